The predicted molar refractivity (Wildman–Crippen MR) is 148 cm³/mol. The number of phenolic OH excluding ortho intramolecular Hbond substituents is 1. The number of methoxy groups -OCH3 is 1. The number of nitrogens with zero attached hydrogens (tertiary/aromatic N) is 1. The van der Waals surface area contributed by atoms with Crippen molar-refractivity contribution in [3.05, 3.63) is 85.9 Å². The fourth-order valence-electron chi connectivity index (χ4n) is 6.55. The van der Waals surface area contributed by atoms with Gasteiger partial charge in [-0.25, -0.2) is 0 Å². The van der Waals surface area contributed by atoms with E-state index in [1.54, 1.807) is 43.3 Å². The summed E-state index contributed by atoms with van der Waals surface area (Å²) in [6.45, 7) is 1.60. The number of carbonyl (C=O) groups excluding carboxylic acids is 4. The maximum Gasteiger partial charge on any atom is 0.238 e. The number of fused-ring (bicyclic) bond motifs is 3. The predicted octanol–water partition coefficient (Wildman–Crippen LogP) is 5.45. The monoisotopic (exact) mass is 607 g/mol. The molecule has 2 aromatic carbocycles. The molecule has 1 heterocycles. The minimum atomic E-state index is -0.778. The molecule has 1 fully saturated rings. The van der Waals surface area contributed by atoms with E-state index >= 15 is 0 Å². The molecular weight excluding hydrogens is 586 g/mol. The quantitative estimate of drug-likeness (QED) is 0.283. The molecule has 198 valence electrons. The van der Waals surface area contributed by atoms with Crippen LogP contribution >= 0.6 is 27.5 Å². The fraction of sp³-hybridized carbons (Fsp3) is 0.267. The van der Waals surface area contributed by atoms with E-state index in [1.807, 2.05) is 6.08 Å². The Balaban J connectivity index is 1.52. The van der Waals surface area contributed by atoms with Crippen LogP contribution in [-0.2, 0) is 19.2 Å². The number of benzene rings is 2. The Bertz CT molecular complexity index is 1590. The fourth-order valence-corrected chi connectivity index (χ4v) is 7.13. The molecule has 1 N–H and O–H groups in total. The summed E-state index contributed by atoms with van der Waals surface area (Å²) in [5.74, 6) is -3.74. The summed E-state index contributed by atoms with van der Waals surface area (Å²) in [4.78, 5) is 55.5. The highest BCUT2D eigenvalue weighted by molar-refractivity contribution is 9.10. The maximum absolute atomic E-state index is 13.9. The molecule has 0 radical (unpaired) electrons. The van der Waals surface area contributed by atoms with Crippen LogP contribution in [0.2, 0.25) is 5.02 Å². The summed E-state index contributed by atoms with van der Waals surface area (Å²) in [5.41, 5.74) is 2.53. The van der Waals surface area contributed by atoms with Crippen LogP contribution in [-0.4, -0.2) is 35.6 Å². The third-order valence-electron chi connectivity index (χ3n) is 8.25. The number of ketones is 2. The first-order valence-electron chi connectivity index (χ1n) is 12.5. The average Bonchev–Trinajstić information content (AvgIpc) is 3.17. The third-order valence-corrected chi connectivity index (χ3v) is 8.96. The molecule has 2 aromatic rings. The van der Waals surface area contributed by atoms with Gasteiger partial charge < -0.3 is 9.84 Å². The van der Waals surface area contributed by atoms with Crippen LogP contribution in [0, 0.1) is 17.8 Å². The minimum Gasteiger partial charge on any atom is -0.504 e. The number of Topliss-reactive ketones (excluding diaryl/α,β-unsaturated/α-hetero) is 1. The first-order valence-corrected chi connectivity index (χ1v) is 13.7. The molecule has 6 rings (SSSR count). The molecule has 7 nitrogen and oxygen atoms in total. The van der Waals surface area contributed by atoms with Gasteiger partial charge >= 0.3 is 0 Å². The van der Waals surface area contributed by atoms with Gasteiger partial charge in [-0.3, -0.25) is 24.1 Å². The molecule has 4 atom stereocenters. The number of aromatic hydroxyl groups is 1. The van der Waals surface area contributed by atoms with Gasteiger partial charge in [0, 0.05) is 37.7 Å². The summed E-state index contributed by atoms with van der Waals surface area (Å²) >= 11 is 9.49. The molecule has 4 aliphatic rings. The minimum absolute atomic E-state index is 0.149. The summed E-state index contributed by atoms with van der Waals surface area (Å²) < 4.78 is 5.99. The normalized spacial score (nSPS) is 26.2. The number of anilines is 1. The van der Waals surface area contributed by atoms with E-state index in [0.29, 0.717) is 43.9 Å². The van der Waals surface area contributed by atoms with Gasteiger partial charge in [0.2, 0.25) is 11.8 Å². The lowest BCUT2D eigenvalue weighted by atomic mass is 9.59. The van der Waals surface area contributed by atoms with Gasteiger partial charge in [-0.15, -0.1) is 0 Å². The number of carbonyl (C=O) groups is 4. The summed E-state index contributed by atoms with van der Waals surface area (Å²) in [6.07, 6.45) is 3.70. The molecule has 1 saturated heterocycles. The number of imide groups is 1. The molecule has 39 heavy (non-hydrogen) atoms. The van der Waals surface area contributed by atoms with E-state index < -0.39 is 23.7 Å². The van der Waals surface area contributed by atoms with Gasteiger partial charge in [-0.2, -0.15) is 0 Å². The van der Waals surface area contributed by atoms with Gasteiger partial charge in [0.25, 0.3) is 0 Å². The van der Waals surface area contributed by atoms with Gasteiger partial charge in [-0.1, -0.05) is 39.2 Å². The molecule has 1 aliphatic heterocycles. The zero-order valence-corrected chi connectivity index (χ0v) is 23.4. The van der Waals surface area contributed by atoms with Crippen molar-refractivity contribution in [2.75, 3.05) is 12.0 Å². The molecule has 0 saturated carbocycles. The van der Waals surface area contributed by atoms with E-state index in [9.17, 15) is 24.3 Å². The topological polar surface area (TPSA) is 101 Å². The second kappa shape index (κ2) is 9.31. The second-order valence-corrected chi connectivity index (χ2v) is 11.6. The molecule has 0 aromatic heterocycles. The molecule has 0 unspecified atom stereocenters. The second-order valence-electron chi connectivity index (χ2n) is 10.3. The Morgan fingerprint density at radius 1 is 1.05 bits per heavy atom. The highest BCUT2D eigenvalue weighted by Gasteiger charge is 2.56. The van der Waals surface area contributed by atoms with Gasteiger partial charge in [-0.05, 0) is 68.2 Å². The van der Waals surface area contributed by atoms with Gasteiger partial charge in [0.15, 0.2) is 23.1 Å². The number of allylic oxidation sites excluding steroid dienone is 6. The molecular formula is C30H23BrClNO6. The van der Waals surface area contributed by atoms with E-state index in [2.05, 4.69) is 15.9 Å². The lowest BCUT2D eigenvalue weighted by molar-refractivity contribution is -0.123. The number of hydrogen-bond donors (Lipinski definition) is 1. The number of rotatable bonds is 3. The number of ether oxygens (including phenoxy) is 1. The Hall–Kier alpha value is -3.49. The molecule has 0 bridgehead atoms. The lowest BCUT2D eigenvalue weighted by Crippen LogP contribution is -2.39. The van der Waals surface area contributed by atoms with E-state index in [-0.39, 0.29) is 41.3 Å². The SMILES string of the molecule is COc1cc(Br)cc([C@H]2C3=CC[C@@H]4C(=O)N(c5ccc(Cl)cc5)C(=O)[C@@H]4[C@@H]3CC3=C2C(=O)C=C(C)C3=O)c1O. The van der Waals surface area contributed by atoms with Crippen molar-refractivity contribution < 1.29 is 29.0 Å². The first kappa shape index (κ1) is 25.8. The number of hydrogen-bond acceptors (Lipinski definition) is 6. The Morgan fingerprint density at radius 3 is 2.46 bits per heavy atom. The highest BCUT2D eigenvalue weighted by atomic mass is 79.9. The van der Waals surface area contributed by atoms with E-state index in [0.717, 1.165) is 5.57 Å². The summed E-state index contributed by atoms with van der Waals surface area (Å²) in [7, 11) is 1.43. The highest BCUT2D eigenvalue weighted by Crippen LogP contribution is 2.57. The van der Waals surface area contributed by atoms with Crippen LogP contribution in [0.15, 0.2) is 75.3 Å². The molecule has 9 heteroatoms. The van der Waals surface area contributed by atoms with Gasteiger partial charge in [0.1, 0.15) is 0 Å². The van der Waals surface area contributed by atoms with Crippen LogP contribution in [0.4, 0.5) is 5.69 Å². The molecule has 3 aliphatic carbocycles. The van der Waals surface area contributed by atoms with Crippen LogP contribution in [0.1, 0.15) is 31.2 Å². The van der Waals surface area contributed by atoms with Crippen molar-refractivity contribution in [1.29, 1.82) is 0 Å². The maximum atomic E-state index is 13.9. The van der Waals surface area contributed by atoms with Crippen molar-refractivity contribution >= 4 is 56.6 Å². The average molecular weight is 609 g/mol. The Labute approximate surface area is 237 Å². The summed E-state index contributed by atoms with van der Waals surface area (Å²) in [6, 6.07) is 9.84. The van der Waals surface area contributed by atoms with Crippen molar-refractivity contribution in [1.82, 2.24) is 0 Å². The number of amides is 2. The molecule has 2 amide bonds. The van der Waals surface area contributed by atoms with Crippen LogP contribution < -0.4 is 9.64 Å². The zero-order chi connectivity index (χ0) is 27.7. The Kier molecular flexibility index (Phi) is 6.15. The zero-order valence-electron chi connectivity index (χ0n) is 21.0. The summed E-state index contributed by atoms with van der Waals surface area (Å²) in [5, 5.41) is 11.7. The van der Waals surface area contributed by atoms with E-state index in [1.165, 1.54) is 18.1 Å². The van der Waals surface area contributed by atoms with E-state index in [4.69, 9.17) is 16.3 Å². The molecule has 0 spiro atoms. The smallest absolute Gasteiger partial charge is 0.238 e. The van der Waals surface area contributed by atoms with Crippen molar-refractivity contribution in [3.63, 3.8) is 0 Å². The standard InChI is InChI=1S/C30H23BrClNO6/c1-13-9-22(34)26-21(27(13)35)12-19-17(24(26)20-10-14(31)11-23(39-2)28(20)36)7-8-18-25(19)30(38)33(29(18)37)16-5-3-15(32)4-6-16/h3-7,9-11,18-19,24-25,36H,8,12H2,1-2H3/t18-,19+,24+,25-/m0/s1. The van der Waals surface area contributed by atoms with Crippen molar-refractivity contribution in [2.45, 2.75) is 25.7 Å². The largest absolute Gasteiger partial charge is 0.504 e. The van der Waals surface area contributed by atoms with Crippen LogP contribution in [0.3, 0.4) is 0 Å². The van der Waals surface area contributed by atoms with Gasteiger partial charge in [0.05, 0.1) is 24.6 Å². The third kappa shape index (κ3) is 3.84. The van der Waals surface area contributed by atoms with Crippen molar-refractivity contribution in [3.8, 4) is 11.5 Å². The number of halogens is 2. The van der Waals surface area contributed by atoms with Crippen molar-refractivity contribution in [2.24, 2.45) is 17.8 Å². The Morgan fingerprint density at radius 2 is 1.77 bits per heavy atom. The van der Waals surface area contributed by atoms with Crippen LogP contribution in [0.25, 0.3) is 0 Å². The van der Waals surface area contributed by atoms with Crippen LogP contribution in [0.5, 0.6) is 11.5 Å². The lowest BCUT2D eigenvalue weighted by Gasteiger charge is -2.42. The number of phenols is 1. The first-order chi connectivity index (χ1) is 18.6.